The number of nitrogens with zero attached hydrogens (tertiary/aromatic N) is 4. The molecule has 0 unspecified atom stereocenters. The number of imidazole rings is 1. The topological polar surface area (TPSA) is 46.0 Å². The van der Waals surface area contributed by atoms with E-state index in [2.05, 4.69) is 43.1 Å². The lowest BCUT2D eigenvalue weighted by Crippen LogP contribution is -2.33. The molecule has 104 valence electrons. The average Bonchev–Trinajstić information content (AvgIpc) is 3.20. The number of hydrogen-bond acceptors (Lipinski definition) is 4. The molecule has 0 amide bonds. The van der Waals surface area contributed by atoms with Gasteiger partial charge in [0, 0.05) is 50.0 Å². The van der Waals surface area contributed by atoms with Crippen molar-refractivity contribution < 1.29 is 0 Å². The lowest BCUT2D eigenvalue weighted by atomic mass is 10.2. The summed E-state index contributed by atoms with van der Waals surface area (Å²) in [5.41, 5.74) is 2.38. The van der Waals surface area contributed by atoms with Gasteiger partial charge in [0.2, 0.25) is 0 Å². The molecule has 3 heterocycles. The van der Waals surface area contributed by atoms with Crippen LogP contribution in [0.5, 0.6) is 0 Å². The molecule has 2 aromatic rings. The van der Waals surface area contributed by atoms with Crippen molar-refractivity contribution in [3.8, 4) is 0 Å². The van der Waals surface area contributed by atoms with Gasteiger partial charge < -0.3 is 14.8 Å². The normalized spacial score (nSPS) is 18.1. The SMILES string of the molecule is c1cc(N2CCn3ccnc3C2)cc(CNC2CC2)n1. The fourth-order valence-electron chi connectivity index (χ4n) is 2.69. The minimum absolute atomic E-state index is 0.725. The molecule has 1 N–H and O–H groups in total. The summed E-state index contributed by atoms with van der Waals surface area (Å²) in [6.45, 7) is 3.80. The molecule has 5 heteroatoms. The number of pyridine rings is 1. The van der Waals surface area contributed by atoms with Crippen LogP contribution in [-0.2, 0) is 19.6 Å². The van der Waals surface area contributed by atoms with Gasteiger partial charge in [-0.2, -0.15) is 0 Å². The van der Waals surface area contributed by atoms with Gasteiger partial charge in [0.25, 0.3) is 0 Å². The maximum absolute atomic E-state index is 4.46. The molecule has 1 aliphatic heterocycles. The third-order valence-corrected chi connectivity index (χ3v) is 4.06. The van der Waals surface area contributed by atoms with E-state index in [9.17, 15) is 0 Å². The first kappa shape index (κ1) is 11.9. The first-order valence-corrected chi connectivity index (χ1v) is 7.32. The molecule has 4 rings (SSSR count). The highest BCUT2D eigenvalue weighted by molar-refractivity contribution is 5.47. The average molecular weight is 269 g/mol. The van der Waals surface area contributed by atoms with E-state index >= 15 is 0 Å². The standard InChI is InChI=1S/C15H19N5/c1-2-12(1)18-10-13-9-14(3-4-16-13)20-8-7-19-6-5-17-15(19)11-20/h3-6,9,12,18H,1-2,7-8,10-11H2. The van der Waals surface area contributed by atoms with Gasteiger partial charge in [0.1, 0.15) is 5.82 Å². The highest BCUT2D eigenvalue weighted by atomic mass is 15.2. The zero-order valence-electron chi connectivity index (χ0n) is 11.5. The van der Waals surface area contributed by atoms with Gasteiger partial charge in [-0.05, 0) is 25.0 Å². The number of anilines is 1. The highest BCUT2D eigenvalue weighted by Crippen LogP contribution is 2.22. The van der Waals surface area contributed by atoms with E-state index in [1.807, 2.05) is 12.4 Å². The zero-order chi connectivity index (χ0) is 13.4. The minimum Gasteiger partial charge on any atom is -0.362 e. The Kier molecular flexibility index (Phi) is 2.92. The number of hydrogen-bond donors (Lipinski definition) is 1. The fourth-order valence-corrected chi connectivity index (χ4v) is 2.69. The Labute approximate surface area is 118 Å². The van der Waals surface area contributed by atoms with Gasteiger partial charge in [0.05, 0.1) is 12.2 Å². The molecule has 0 spiro atoms. The van der Waals surface area contributed by atoms with Gasteiger partial charge in [0.15, 0.2) is 0 Å². The van der Waals surface area contributed by atoms with Crippen LogP contribution in [0.15, 0.2) is 30.7 Å². The van der Waals surface area contributed by atoms with Crippen molar-refractivity contribution in [3.05, 3.63) is 42.2 Å². The second kappa shape index (κ2) is 4.90. The predicted octanol–water partition coefficient (Wildman–Crippen LogP) is 1.55. The number of aromatic nitrogens is 3. The summed E-state index contributed by atoms with van der Waals surface area (Å²) in [6.07, 6.45) is 8.49. The maximum Gasteiger partial charge on any atom is 0.128 e. The molecular weight excluding hydrogens is 250 g/mol. The van der Waals surface area contributed by atoms with Crippen molar-refractivity contribution in [2.45, 2.75) is 38.5 Å². The smallest absolute Gasteiger partial charge is 0.128 e. The van der Waals surface area contributed by atoms with Crippen molar-refractivity contribution in [2.75, 3.05) is 11.4 Å². The summed E-state index contributed by atoms with van der Waals surface area (Å²) in [6, 6.07) is 5.02. The molecule has 1 saturated carbocycles. The zero-order valence-corrected chi connectivity index (χ0v) is 11.5. The molecule has 0 radical (unpaired) electrons. The molecule has 1 aliphatic carbocycles. The van der Waals surface area contributed by atoms with Crippen LogP contribution >= 0.6 is 0 Å². The van der Waals surface area contributed by atoms with Crippen molar-refractivity contribution in [3.63, 3.8) is 0 Å². The number of rotatable bonds is 4. The third kappa shape index (κ3) is 2.41. The number of nitrogens with one attached hydrogen (secondary N) is 1. The Morgan fingerprint density at radius 3 is 3.05 bits per heavy atom. The largest absolute Gasteiger partial charge is 0.362 e. The van der Waals surface area contributed by atoms with E-state index < -0.39 is 0 Å². The lowest BCUT2D eigenvalue weighted by Gasteiger charge is -2.29. The molecule has 0 atom stereocenters. The molecule has 20 heavy (non-hydrogen) atoms. The van der Waals surface area contributed by atoms with Crippen molar-refractivity contribution in [1.29, 1.82) is 0 Å². The Balaban J connectivity index is 1.49. The fraction of sp³-hybridized carbons (Fsp3) is 0.467. The van der Waals surface area contributed by atoms with Gasteiger partial charge in [-0.15, -0.1) is 0 Å². The summed E-state index contributed by atoms with van der Waals surface area (Å²) < 4.78 is 2.23. The minimum atomic E-state index is 0.725. The van der Waals surface area contributed by atoms with Gasteiger partial charge in [-0.1, -0.05) is 0 Å². The Hall–Kier alpha value is -1.88. The lowest BCUT2D eigenvalue weighted by molar-refractivity contribution is 0.559. The van der Waals surface area contributed by atoms with Crippen LogP contribution in [0.2, 0.25) is 0 Å². The summed E-state index contributed by atoms with van der Waals surface area (Å²) in [5, 5.41) is 3.52. The van der Waals surface area contributed by atoms with Crippen molar-refractivity contribution in [2.24, 2.45) is 0 Å². The van der Waals surface area contributed by atoms with Gasteiger partial charge >= 0.3 is 0 Å². The predicted molar refractivity (Wildman–Crippen MR) is 77.4 cm³/mol. The molecule has 0 bridgehead atoms. The first-order chi connectivity index (χ1) is 9.88. The first-order valence-electron chi connectivity index (χ1n) is 7.32. The molecule has 2 aromatic heterocycles. The van der Waals surface area contributed by atoms with Crippen LogP contribution < -0.4 is 10.2 Å². The van der Waals surface area contributed by atoms with Crippen LogP contribution in [0.1, 0.15) is 24.4 Å². The Morgan fingerprint density at radius 2 is 2.15 bits per heavy atom. The molecule has 2 aliphatic rings. The van der Waals surface area contributed by atoms with E-state index in [1.165, 1.54) is 18.5 Å². The Morgan fingerprint density at radius 1 is 1.20 bits per heavy atom. The summed E-state index contributed by atoms with van der Waals surface area (Å²) in [5.74, 6) is 1.14. The molecule has 0 saturated heterocycles. The number of fused-ring (bicyclic) bond motifs is 1. The van der Waals surface area contributed by atoms with Crippen LogP contribution in [0.25, 0.3) is 0 Å². The molecule has 1 fully saturated rings. The molecule has 5 nitrogen and oxygen atoms in total. The summed E-state index contributed by atoms with van der Waals surface area (Å²) in [4.78, 5) is 11.3. The van der Waals surface area contributed by atoms with E-state index in [0.717, 1.165) is 43.7 Å². The third-order valence-electron chi connectivity index (χ3n) is 4.06. The van der Waals surface area contributed by atoms with E-state index in [0.29, 0.717) is 0 Å². The van der Waals surface area contributed by atoms with Crippen LogP contribution in [0, 0.1) is 0 Å². The van der Waals surface area contributed by atoms with Crippen LogP contribution in [0.4, 0.5) is 5.69 Å². The second-order valence-electron chi connectivity index (χ2n) is 5.62. The maximum atomic E-state index is 4.46. The summed E-state index contributed by atoms with van der Waals surface area (Å²) in [7, 11) is 0. The highest BCUT2D eigenvalue weighted by Gasteiger charge is 2.21. The van der Waals surface area contributed by atoms with Gasteiger partial charge in [-0.3, -0.25) is 4.98 Å². The molecule has 0 aromatic carbocycles. The van der Waals surface area contributed by atoms with E-state index in [1.54, 1.807) is 0 Å². The Bertz CT molecular complexity index is 602. The van der Waals surface area contributed by atoms with Gasteiger partial charge in [-0.25, -0.2) is 4.98 Å². The second-order valence-corrected chi connectivity index (χ2v) is 5.62. The van der Waals surface area contributed by atoms with Crippen LogP contribution in [-0.4, -0.2) is 27.1 Å². The van der Waals surface area contributed by atoms with E-state index in [-0.39, 0.29) is 0 Å². The monoisotopic (exact) mass is 269 g/mol. The van der Waals surface area contributed by atoms with Crippen LogP contribution in [0.3, 0.4) is 0 Å². The summed E-state index contributed by atoms with van der Waals surface area (Å²) >= 11 is 0. The van der Waals surface area contributed by atoms with E-state index in [4.69, 9.17) is 0 Å². The quantitative estimate of drug-likeness (QED) is 0.915. The van der Waals surface area contributed by atoms with Crippen molar-refractivity contribution in [1.82, 2.24) is 19.9 Å². The van der Waals surface area contributed by atoms with Crippen molar-refractivity contribution >= 4 is 5.69 Å². The molecular formula is C15H19N5.